The number of nitrogens with zero attached hydrogens (tertiary/aromatic N) is 3. The van der Waals surface area contributed by atoms with E-state index in [4.69, 9.17) is 16.3 Å². The highest BCUT2D eigenvalue weighted by atomic mass is 35.5. The van der Waals surface area contributed by atoms with Crippen LogP contribution in [0, 0.1) is 0 Å². The van der Waals surface area contributed by atoms with Gasteiger partial charge in [0.05, 0.1) is 11.7 Å². The zero-order valence-electron chi connectivity index (χ0n) is 20.0. The summed E-state index contributed by atoms with van der Waals surface area (Å²) in [6.45, 7) is 4.61. The number of benzene rings is 3. The Balaban J connectivity index is 1.21. The Labute approximate surface area is 215 Å². The van der Waals surface area contributed by atoms with Crippen LogP contribution in [-0.2, 0) is 0 Å². The van der Waals surface area contributed by atoms with E-state index in [-0.39, 0.29) is 18.0 Å². The third-order valence-electron chi connectivity index (χ3n) is 7.27. The molecular formula is C28H27ClN4O3. The first-order valence-corrected chi connectivity index (χ1v) is 12.6. The zero-order valence-corrected chi connectivity index (χ0v) is 20.7. The molecule has 3 aromatic rings. The molecule has 2 unspecified atom stereocenters. The van der Waals surface area contributed by atoms with Gasteiger partial charge >= 0.3 is 6.03 Å². The van der Waals surface area contributed by atoms with Gasteiger partial charge in [0.1, 0.15) is 5.75 Å². The van der Waals surface area contributed by atoms with Crippen LogP contribution in [0.1, 0.15) is 35.3 Å². The minimum Gasteiger partial charge on any atom is -0.467 e. The van der Waals surface area contributed by atoms with Crippen molar-refractivity contribution in [2.24, 2.45) is 0 Å². The molecule has 7 nitrogen and oxygen atoms in total. The van der Waals surface area contributed by atoms with Crippen molar-refractivity contribution in [2.45, 2.75) is 25.1 Å². The molecule has 2 atom stereocenters. The number of carbonyl (C=O) groups excluding carboxylic acids is 2. The molecule has 3 aromatic carbocycles. The summed E-state index contributed by atoms with van der Waals surface area (Å²) in [6, 6.07) is 22.5. The molecule has 184 valence electrons. The largest absolute Gasteiger partial charge is 0.467 e. The van der Waals surface area contributed by atoms with E-state index >= 15 is 0 Å². The second-order valence-corrected chi connectivity index (χ2v) is 10.1. The van der Waals surface area contributed by atoms with Crippen molar-refractivity contribution in [1.29, 1.82) is 0 Å². The first kappa shape index (κ1) is 22.7. The maximum Gasteiger partial charge on any atom is 0.325 e. The number of anilines is 2. The van der Waals surface area contributed by atoms with Crippen LogP contribution in [0.2, 0.25) is 5.02 Å². The molecule has 0 saturated carbocycles. The monoisotopic (exact) mass is 502 g/mol. The van der Waals surface area contributed by atoms with E-state index in [2.05, 4.69) is 10.2 Å². The van der Waals surface area contributed by atoms with Gasteiger partial charge in [0, 0.05) is 54.4 Å². The maximum absolute atomic E-state index is 13.4. The van der Waals surface area contributed by atoms with Crippen molar-refractivity contribution in [3.8, 4) is 5.75 Å². The maximum atomic E-state index is 13.4. The number of hydrogen-bond donors (Lipinski definition) is 1. The quantitative estimate of drug-likeness (QED) is 0.543. The molecule has 36 heavy (non-hydrogen) atoms. The standard InChI is InChI=1S/C28H27ClN4O3/c1-28-18-24(23-10-2-3-11-25(23)36-28)30-27(35)33(28)22-9-4-6-19(16-22)26(34)32-14-12-31(13-15-32)21-8-5-7-20(29)17-21/h2-11,16-17,24H,12-15,18H2,1H3,(H,30,35). The smallest absolute Gasteiger partial charge is 0.325 e. The van der Waals surface area contributed by atoms with Gasteiger partial charge in [-0.2, -0.15) is 0 Å². The van der Waals surface area contributed by atoms with E-state index in [1.807, 2.05) is 72.5 Å². The second kappa shape index (κ2) is 8.75. The van der Waals surface area contributed by atoms with Crippen LogP contribution < -0.4 is 19.9 Å². The van der Waals surface area contributed by atoms with E-state index in [9.17, 15) is 9.59 Å². The number of halogens is 1. The van der Waals surface area contributed by atoms with Crippen LogP contribution in [0.4, 0.5) is 16.2 Å². The molecule has 8 heteroatoms. The average Bonchev–Trinajstić information content (AvgIpc) is 2.88. The van der Waals surface area contributed by atoms with Gasteiger partial charge < -0.3 is 19.9 Å². The molecule has 0 radical (unpaired) electrons. The van der Waals surface area contributed by atoms with Crippen LogP contribution in [0.25, 0.3) is 0 Å². The van der Waals surface area contributed by atoms with Gasteiger partial charge in [0.25, 0.3) is 5.91 Å². The van der Waals surface area contributed by atoms with Crippen LogP contribution in [-0.4, -0.2) is 48.7 Å². The van der Waals surface area contributed by atoms with Gasteiger partial charge in [-0.15, -0.1) is 0 Å². The summed E-state index contributed by atoms with van der Waals surface area (Å²) < 4.78 is 6.36. The fourth-order valence-electron chi connectivity index (χ4n) is 5.51. The molecule has 0 spiro atoms. The number of carbonyl (C=O) groups is 2. The molecule has 0 aromatic heterocycles. The topological polar surface area (TPSA) is 65.1 Å². The number of ether oxygens (including phenoxy) is 1. The average molecular weight is 503 g/mol. The van der Waals surface area contributed by atoms with E-state index in [1.54, 1.807) is 17.0 Å². The van der Waals surface area contributed by atoms with Crippen molar-refractivity contribution in [3.63, 3.8) is 0 Å². The van der Waals surface area contributed by atoms with Crippen molar-refractivity contribution in [1.82, 2.24) is 10.2 Å². The van der Waals surface area contributed by atoms with E-state index < -0.39 is 5.72 Å². The predicted molar refractivity (Wildman–Crippen MR) is 140 cm³/mol. The highest BCUT2D eigenvalue weighted by Crippen LogP contribution is 2.45. The van der Waals surface area contributed by atoms with Crippen molar-refractivity contribution < 1.29 is 14.3 Å². The number of nitrogens with one attached hydrogen (secondary N) is 1. The summed E-state index contributed by atoms with van der Waals surface area (Å²) in [5.74, 6) is 0.726. The van der Waals surface area contributed by atoms with Gasteiger partial charge in [0.2, 0.25) is 0 Å². The van der Waals surface area contributed by atoms with Crippen LogP contribution in [0.3, 0.4) is 0 Å². The first-order valence-electron chi connectivity index (χ1n) is 12.2. The van der Waals surface area contributed by atoms with E-state index in [0.29, 0.717) is 35.8 Å². The summed E-state index contributed by atoms with van der Waals surface area (Å²) in [5, 5.41) is 3.81. The Morgan fingerprint density at radius 2 is 1.72 bits per heavy atom. The molecule has 2 fully saturated rings. The Morgan fingerprint density at radius 3 is 2.53 bits per heavy atom. The van der Waals surface area contributed by atoms with Crippen molar-refractivity contribution >= 4 is 34.9 Å². The fraction of sp³-hybridized carbons (Fsp3) is 0.286. The van der Waals surface area contributed by atoms with Gasteiger partial charge in [-0.25, -0.2) is 4.79 Å². The van der Waals surface area contributed by atoms with Crippen LogP contribution in [0.15, 0.2) is 72.8 Å². The number of piperazine rings is 1. The van der Waals surface area contributed by atoms with Crippen LogP contribution >= 0.6 is 11.6 Å². The summed E-state index contributed by atoms with van der Waals surface area (Å²) in [5.41, 5.74) is 2.39. The number of para-hydroxylation sites is 1. The molecular weight excluding hydrogens is 476 g/mol. The molecule has 2 bridgehead atoms. The summed E-state index contributed by atoms with van der Waals surface area (Å²) >= 11 is 6.15. The molecule has 3 amide bonds. The minimum absolute atomic E-state index is 0.0436. The third kappa shape index (κ3) is 3.93. The number of urea groups is 1. The Morgan fingerprint density at radius 1 is 0.972 bits per heavy atom. The SMILES string of the molecule is CC12CC(NC(=O)N1c1cccc(C(=O)N3CCN(c4cccc(Cl)c4)CC3)c1)c1ccccc1O2. The Kier molecular flexibility index (Phi) is 5.52. The van der Waals surface area contributed by atoms with Gasteiger partial charge in [0.15, 0.2) is 5.72 Å². The molecule has 0 aliphatic carbocycles. The lowest BCUT2D eigenvalue weighted by Gasteiger charge is -2.50. The lowest BCUT2D eigenvalue weighted by molar-refractivity contribution is 0.0378. The van der Waals surface area contributed by atoms with Crippen molar-refractivity contribution in [3.05, 3.63) is 88.9 Å². The highest BCUT2D eigenvalue weighted by molar-refractivity contribution is 6.30. The summed E-state index contributed by atoms with van der Waals surface area (Å²) in [6.07, 6.45) is 0.611. The van der Waals surface area contributed by atoms with E-state index in [1.165, 1.54) is 0 Å². The number of hydrogen-bond acceptors (Lipinski definition) is 4. The third-order valence-corrected chi connectivity index (χ3v) is 7.51. The van der Waals surface area contributed by atoms with Crippen molar-refractivity contribution in [2.75, 3.05) is 36.0 Å². The molecule has 3 aliphatic rings. The second-order valence-electron chi connectivity index (χ2n) is 9.67. The molecule has 1 N–H and O–H groups in total. The van der Waals surface area contributed by atoms with Gasteiger partial charge in [-0.3, -0.25) is 9.69 Å². The number of rotatable bonds is 3. The summed E-state index contributed by atoms with van der Waals surface area (Å²) in [7, 11) is 0. The Hall–Kier alpha value is -3.71. The Bertz CT molecular complexity index is 1340. The molecule has 6 rings (SSSR count). The van der Waals surface area contributed by atoms with Gasteiger partial charge in [-0.05, 0) is 49.4 Å². The fourth-order valence-corrected chi connectivity index (χ4v) is 5.70. The highest BCUT2D eigenvalue weighted by Gasteiger charge is 2.49. The zero-order chi connectivity index (χ0) is 24.9. The lowest BCUT2D eigenvalue weighted by atomic mass is 9.90. The van der Waals surface area contributed by atoms with Gasteiger partial charge in [-0.1, -0.05) is 41.9 Å². The minimum atomic E-state index is -0.856. The van der Waals surface area contributed by atoms with E-state index in [0.717, 1.165) is 30.1 Å². The summed E-state index contributed by atoms with van der Waals surface area (Å²) in [4.78, 5) is 32.4. The van der Waals surface area contributed by atoms with Crippen LogP contribution in [0.5, 0.6) is 5.75 Å². The lowest BCUT2D eigenvalue weighted by Crippen LogP contribution is -2.65. The molecule has 3 heterocycles. The predicted octanol–water partition coefficient (Wildman–Crippen LogP) is 5.07. The number of amides is 3. The molecule has 3 aliphatic heterocycles. The number of fused-ring (bicyclic) bond motifs is 4. The first-order chi connectivity index (χ1) is 17.4. The normalized spacial score (nSPS) is 23.0. The molecule has 2 saturated heterocycles.